The lowest BCUT2D eigenvalue weighted by molar-refractivity contribution is 0.494. The van der Waals surface area contributed by atoms with Crippen LogP contribution in [0.4, 0.5) is 8.78 Å². The molecule has 0 aromatic heterocycles. The Bertz CT molecular complexity index is 533. The van der Waals surface area contributed by atoms with Crippen LogP contribution in [0.25, 0.3) is 0 Å². The van der Waals surface area contributed by atoms with Crippen molar-refractivity contribution >= 4 is 15.9 Å². The molecule has 1 atom stereocenters. The second-order valence-corrected chi connectivity index (χ2v) is 4.89. The number of halogens is 3. The van der Waals surface area contributed by atoms with Crippen molar-refractivity contribution in [1.82, 2.24) is 0 Å². The molecular formula is C14H12BrF2N. The summed E-state index contributed by atoms with van der Waals surface area (Å²) >= 11 is 3.42. The standard InChI is InChI=1S/C14H12BrF2N/c1-8-4-2-5-9(12(8)15)14(18)10-6-3-7-11(16)13(10)17/h2-7,14H,18H2,1H3. The first-order chi connectivity index (χ1) is 8.52. The lowest BCUT2D eigenvalue weighted by Crippen LogP contribution is -2.15. The maximum Gasteiger partial charge on any atom is 0.163 e. The van der Waals surface area contributed by atoms with Gasteiger partial charge in [0.15, 0.2) is 11.6 Å². The van der Waals surface area contributed by atoms with Crippen molar-refractivity contribution in [2.45, 2.75) is 13.0 Å². The molecule has 18 heavy (non-hydrogen) atoms. The van der Waals surface area contributed by atoms with Crippen LogP contribution in [0.2, 0.25) is 0 Å². The van der Waals surface area contributed by atoms with Crippen LogP contribution < -0.4 is 5.73 Å². The molecular weight excluding hydrogens is 300 g/mol. The Balaban J connectivity index is 2.51. The van der Waals surface area contributed by atoms with E-state index >= 15 is 0 Å². The molecule has 0 heterocycles. The van der Waals surface area contributed by atoms with E-state index < -0.39 is 17.7 Å². The van der Waals surface area contributed by atoms with Crippen LogP contribution in [0.3, 0.4) is 0 Å². The SMILES string of the molecule is Cc1cccc(C(N)c2cccc(F)c2F)c1Br. The predicted molar refractivity (Wildman–Crippen MR) is 71.3 cm³/mol. The van der Waals surface area contributed by atoms with Crippen molar-refractivity contribution in [2.24, 2.45) is 5.73 Å². The molecule has 2 rings (SSSR count). The summed E-state index contributed by atoms with van der Waals surface area (Å²) in [5.74, 6) is -1.77. The van der Waals surface area contributed by atoms with Gasteiger partial charge < -0.3 is 5.73 Å². The fraction of sp³-hybridized carbons (Fsp3) is 0.143. The van der Waals surface area contributed by atoms with Crippen molar-refractivity contribution in [2.75, 3.05) is 0 Å². The minimum absolute atomic E-state index is 0.154. The van der Waals surface area contributed by atoms with Crippen LogP contribution in [-0.4, -0.2) is 0 Å². The van der Waals surface area contributed by atoms with Crippen molar-refractivity contribution in [3.8, 4) is 0 Å². The fourth-order valence-electron chi connectivity index (χ4n) is 1.84. The summed E-state index contributed by atoms with van der Waals surface area (Å²) in [4.78, 5) is 0. The van der Waals surface area contributed by atoms with E-state index in [9.17, 15) is 8.78 Å². The highest BCUT2D eigenvalue weighted by molar-refractivity contribution is 9.10. The van der Waals surface area contributed by atoms with Crippen molar-refractivity contribution in [3.05, 3.63) is 69.2 Å². The Labute approximate surface area is 113 Å². The van der Waals surface area contributed by atoms with Crippen LogP contribution in [0.5, 0.6) is 0 Å². The van der Waals surface area contributed by atoms with Gasteiger partial charge in [-0.05, 0) is 24.1 Å². The minimum atomic E-state index is -0.890. The predicted octanol–water partition coefficient (Wildman–Crippen LogP) is 4.08. The van der Waals surface area contributed by atoms with E-state index in [1.165, 1.54) is 12.1 Å². The third-order valence-electron chi connectivity index (χ3n) is 2.87. The Hall–Kier alpha value is -1.26. The molecule has 0 amide bonds. The highest BCUT2D eigenvalue weighted by Gasteiger charge is 2.18. The lowest BCUT2D eigenvalue weighted by Gasteiger charge is -2.16. The highest BCUT2D eigenvalue weighted by Crippen LogP contribution is 2.30. The molecule has 0 spiro atoms. The number of hydrogen-bond acceptors (Lipinski definition) is 1. The first-order valence-corrected chi connectivity index (χ1v) is 6.26. The minimum Gasteiger partial charge on any atom is -0.320 e. The quantitative estimate of drug-likeness (QED) is 0.888. The fourth-order valence-corrected chi connectivity index (χ4v) is 2.35. The van der Waals surface area contributed by atoms with Gasteiger partial charge in [-0.1, -0.05) is 46.3 Å². The van der Waals surface area contributed by atoms with E-state index in [0.29, 0.717) is 0 Å². The zero-order chi connectivity index (χ0) is 13.3. The molecule has 94 valence electrons. The normalized spacial score (nSPS) is 12.5. The Morgan fingerprint density at radius 3 is 2.39 bits per heavy atom. The third kappa shape index (κ3) is 2.31. The zero-order valence-corrected chi connectivity index (χ0v) is 11.3. The number of benzene rings is 2. The number of rotatable bonds is 2. The molecule has 4 heteroatoms. The summed E-state index contributed by atoms with van der Waals surface area (Å²) in [7, 11) is 0. The largest absolute Gasteiger partial charge is 0.320 e. The van der Waals surface area contributed by atoms with Gasteiger partial charge in [0.25, 0.3) is 0 Å². The zero-order valence-electron chi connectivity index (χ0n) is 9.75. The summed E-state index contributed by atoms with van der Waals surface area (Å²) < 4.78 is 27.7. The molecule has 0 aliphatic rings. The van der Waals surface area contributed by atoms with Gasteiger partial charge in [-0.3, -0.25) is 0 Å². The summed E-state index contributed by atoms with van der Waals surface area (Å²) in [6.45, 7) is 1.92. The molecule has 2 aromatic rings. The highest BCUT2D eigenvalue weighted by atomic mass is 79.9. The monoisotopic (exact) mass is 311 g/mol. The van der Waals surface area contributed by atoms with E-state index in [2.05, 4.69) is 15.9 Å². The van der Waals surface area contributed by atoms with Crippen molar-refractivity contribution in [1.29, 1.82) is 0 Å². The van der Waals surface area contributed by atoms with E-state index in [0.717, 1.165) is 21.7 Å². The van der Waals surface area contributed by atoms with Gasteiger partial charge in [-0.2, -0.15) is 0 Å². The van der Waals surface area contributed by atoms with E-state index in [4.69, 9.17) is 5.73 Å². The topological polar surface area (TPSA) is 26.0 Å². The number of hydrogen-bond donors (Lipinski definition) is 1. The molecule has 0 bridgehead atoms. The first kappa shape index (κ1) is 13.2. The molecule has 2 aromatic carbocycles. The average Bonchev–Trinajstić information content (AvgIpc) is 2.35. The van der Waals surface area contributed by atoms with Crippen LogP contribution >= 0.6 is 15.9 Å². The average molecular weight is 312 g/mol. The van der Waals surface area contributed by atoms with Gasteiger partial charge in [0, 0.05) is 10.0 Å². The van der Waals surface area contributed by atoms with Gasteiger partial charge >= 0.3 is 0 Å². The molecule has 0 fully saturated rings. The molecule has 0 saturated carbocycles. The maximum absolute atomic E-state index is 13.7. The lowest BCUT2D eigenvalue weighted by atomic mass is 9.97. The Morgan fingerprint density at radius 2 is 1.67 bits per heavy atom. The van der Waals surface area contributed by atoms with E-state index in [1.54, 1.807) is 6.07 Å². The van der Waals surface area contributed by atoms with Crippen molar-refractivity contribution < 1.29 is 8.78 Å². The van der Waals surface area contributed by atoms with Gasteiger partial charge in [-0.15, -0.1) is 0 Å². The number of nitrogens with two attached hydrogens (primary N) is 1. The van der Waals surface area contributed by atoms with Gasteiger partial charge in [0.1, 0.15) is 0 Å². The molecule has 0 aliphatic heterocycles. The van der Waals surface area contributed by atoms with Crippen LogP contribution in [0.1, 0.15) is 22.7 Å². The van der Waals surface area contributed by atoms with E-state index in [1.807, 2.05) is 19.1 Å². The molecule has 2 N–H and O–H groups in total. The van der Waals surface area contributed by atoms with Crippen LogP contribution in [0, 0.1) is 18.6 Å². The van der Waals surface area contributed by atoms with E-state index in [-0.39, 0.29) is 5.56 Å². The Morgan fingerprint density at radius 1 is 1.06 bits per heavy atom. The maximum atomic E-state index is 13.7. The third-order valence-corrected chi connectivity index (χ3v) is 3.96. The molecule has 0 radical (unpaired) electrons. The second-order valence-electron chi connectivity index (χ2n) is 4.10. The van der Waals surface area contributed by atoms with Crippen LogP contribution in [0.15, 0.2) is 40.9 Å². The summed E-state index contributed by atoms with van der Waals surface area (Å²) in [6, 6.07) is 8.89. The summed E-state index contributed by atoms with van der Waals surface area (Å²) in [6.07, 6.45) is 0. The second kappa shape index (κ2) is 5.16. The Kier molecular flexibility index (Phi) is 3.78. The summed E-state index contributed by atoms with van der Waals surface area (Å²) in [5, 5.41) is 0. The van der Waals surface area contributed by atoms with Crippen molar-refractivity contribution in [3.63, 3.8) is 0 Å². The van der Waals surface area contributed by atoms with Gasteiger partial charge in [0.2, 0.25) is 0 Å². The molecule has 0 aliphatic carbocycles. The number of aryl methyl sites for hydroxylation is 1. The molecule has 0 saturated heterocycles. The van der Waals surface area contributed by atoms with Gasteiger partial charge in [-0.25, -0.2) is 8.78 Å². The molecule has 1 nitrogen and oxygen atoms in total. The molecule has 1 unspecified atom stereocenters. The van der Waals surface area contributed by atoms with Crippen LogP contribution in [-0.2, 0) is 0 Å². The summed E-state index contributed by atoms with van der Waals surface area (Å²) in [5.41, 5.74) is 7.91. The first-order valence-electron chi connectivity index (χ1n) is 5.47. The smallest absolute Gasteiger partial charge is 0.163 e. The van der Waals surface area contributed by atoms with Gasteiger partial charge in [0.05, 0.1) is 6.04 Å².